The van der Waals surface area contributed by atoms with E-state index >= 15 is 0 Å². The van der Waals surface area contributed by atoms with Crippen LogP contribution in [0.1, 0.15) is 40.2 Å². The smallest absolute Gasteiger partial charge is 0.408 e. The molecular formula is C21H35N3O3. The molecular weight excluding hydrogens is 342 g/mol. The summed E-state index contributed by atoms with van der Waals surface area (Å²) in [5, 5.41) is 5.67. The van der Waals surface area contributed by atoms with Gasteiger partial charge in [-0.15, -0.1) is 0 Å². The lowest BCUT2D eigenvalue weighted by Gasteiger charge is -2.28. The minimum absolute atomic E-state index is 0.0514. The Hall–Kier alpha value is -2.08. The lowest BCUT2D eigenvalue weighted by atomic mass is 10.0. The third-order valence-corrected chi connectivity index (χ3v) is 4.18. The fourth-order valence-corrected chi connectivity index (χ4v) is 2.62. The van der Waals surface area contributed by atoms with Gasteiger partial charge >= 0.3 is 6.09 Å². The molecule has 0 aromatic heterocycles. The van der Waals surface area contributed by atoms with Crippen LogP contribution in [0.4, 0.5) is 4.79 Å². The summed E-state index contributed by atoms with van der Waals surface area (Å²) in [7, 11) is 4.00. The second-order valence-corrected chi connectivity index (χ2v) is 8.42. The number of carbonyl (C=O) groups excluding carboxylic acids is 2. The number of nitrogens with zero attached hydrogens (tertiary/aromatic N) is 1. The topological polar surface area (TPSA) is 70.7 Å². The normalized spacial score (nSPS) is 14.0. The number of likely N-dealkylation sites (N-methyl/N-ethyl adjacent to an activating group) is 1. The molecule has 0 bridgehead atoms. The predicted octanol–water partition coefficient (Wildman–Crippen LogP) is 2.82. The summed E-state index contributed by atoms with van der Waals surface area (Å²) in [4.78, 5) is 26.8. The van der Waals surface area contributed by atoms with Crippen molar-refractivity contribution in [3.8, 4) is 0 Å². The first-order valence-corrected chi connectivity index (χ1v) is 9.47. The van der Waals surface area contributed by atoms with Crippen LogP contribution >= 0.6 is 0 Å². The van der Waals surface area contributed by atoms with Crippen molar-refractivity contribution >= 4 is 12.0 Å². The van der Waals surface area contributed by atoms with Crippen molar-refractivity contribution in [2.45, 2.75) is 58.7 Å². The van der Waals surface area contributed by atoms with E-state index in [1.807, 2.05) is 46.1 Å². The summed E-state index contributed by atoms with van der Waals surface area (Å²) in [5.41, 5.74) is 0.617. The minimum Gasteiger partial charge on any atom is -0.444 e. The Labute approximate surface area is 163 Å². The van der Waals surface area contributed by atoms with Gasteiger partial charge in [0.05, 0.1) is 0 Å². The fourth-order valence-electron chi connectivity index (χ4n) is 2.62. The van der Waals surface area contributed by atoms with Gasteiger partial charge in [0, 0.05) is 12.6 Å². The molecule has 0 spiro atoms. The summed E-state index contributed by atoms with van der Waals surface area (Å²) >= 11 is 0. The van der Waals surface area contributed by atoms with Crippen molar-refractivity contribution < 1.29 is 14.3 Å². The highest BCUT2D eigenvalue weighted by Crippen LogP contribution is 2.10. The average molecular weight is 378 g/mol. The summed E-state index contributed by atoms with van der Waals surface area (Å²) in [6.07, 6.45) is 0.254. The lowest BCUT2D eigenvalue weighted by molar-refractivity contribution is -0.124. The second-order valence-electron chi connectivity index (χ2n) is 8.42. The second kappa shape index (κ2) is 10.3. The van der Waals surface area contributed by atoms with E-state index in [0.29, 0.717) is 6.54 Å². The molecule has 1 rings (SSSR count). The standard InChI is InChI=1S/C21H35N3O3/c1-15(2)18(23-20(26)27-21(3,4)5)19(25)22-14-17(24(6)7)13-16-11-9-8-10-12-16/h8-12,15,17-18H,13-14H2,1-7H3,(H,22,25)(H,23,26). The largest absolute Gasteiger partial charge is 0.444 e. The minimum atomic E-state index is -0.639. The van der Waals surface area contributed by atoms with Gasteiger partial charge in [-0.2, -0.15) is 0 Å². The number of alkyl carbamates (subject to hydrolysis) is 1. The Kier molecular flexibility index (Phi) is 8.76. The van der Waals surface area contributed by atoms with Gasteiger partial charge in [0.1, 0.15) is 11.6 Å². The van der Waals surface area contributed by atoms with Crippen LogP contribution in [0.25, 0.3) is 0 Å². The molecule has 1 aromatic rings. The van der Waals surface area contributed by atoms with E-state index < -0.39 is 17.7 Å². The maximum atomic E-state index is 12.7. The van der Waals surface area contributed by atoms with Crippen molar-refractivity contribution in [2.24, 2.45) is 5.92 Å². The maximum absolute atomic E-state index is 12.7. The highest BCUT2D eigenvalue weighted by Gasteiger charge is 2.27. The van der Waals surface area contributed by atoms with E-state index in [0.717, 1.165) is 6.42 Å². The van der Waals surface area contributed by atoms with Crippen molar-refractivity contribution in [1.82, 2.24) is 15.5 Å². The average Bonchev–Trinajstić information content (AvgIpc) is 2.55. The van der Waals surface area contributed by atoms with E-state index in [-0.39, 0.29) is 17.9 Å². The number of rotatable bonds is 8. The summed E-state index contributed by atoms with van der Waals surface area (Å²) in [6.45, 7) is 9.68. The molecule has 2 amide bonds. The summed E-state index contributed by atoms with van der Waals surface area (Å²) in [6, 6.07) is 9.70. The van der Waals surface area contributed by atoms with Crippen LogP contribution in [0.2, 0.25) is 0 Å². The van der Waals surface area contributed by atoms with Gasteiger partial charge in [0.25, 0.3) is 0 Å². The van der Waals surface area contributed by atoms with Gasteiger partial charge < -0.3 is 20.3 Å². The zero-order valence-corrected chi connectivity index (χ0v) is 17.7. The van der Waals surface area contributed by atoms with Crippen molar-refractivity contribution in [2.75, 3.05) is 20.6 Å². The molecule has 27 heavy (non-hydrogen) atoms. The molecule has 6 heteroatoms. The van der Waals surface area contributed by atoms with Crippen LogP contribution in [-0.4, -0.2) is 55.2 Å². The van der Waals surface area contributed by atoms with E-state index in [4.69, 9.17) is 4.74 Å². The Bertz CT molecular complexity index is 594. The van der Waals surface area contributed by atoms with Gasteiger partial charge in [-0.05, 0) is 52.8 Å². The maximum Gasteiger partial charge on any atom is 0.408 e. The molecule has 2 N–H and O–H groups in total. The van der Waals surface area contributed by atoms with Gasteiger partial charge in [-0.1, -0.05) is 44.2 Å². The number of amides is 2. The molecule has 0 saturated carbocycles. The molecule has 1 aromatic carbocycles. The van der Waals surface area contributed by atoms with Crippen molar-refractivity contribution in [3.63, 3.8) is 0 Å². The van der Waals surface area contributed by atoms with Crippen LogP contribution in [0.3, 0.4) is 0 Å². The number of hydrogen-bond acceptors (Lipinski definition) is 4. The fraction of sp³-hybridized carbons (Fsp3) is 0.619. The Balaban J connectivity index is 2.67. The molecule has 2 atom stereocenters. The molecule has 152 valence electrons. The Morgan fingerprint density at radius 1 is 1.11 bits per heavy atom. The third-order valence-electron chi connectivity index (χ3n) is 4.18. The van der Waals surface area contributed by atoms with E-state index in [9.17, 15) is 9.59 Å². The molecule has 0 aliphatic rings. The van der Waals surface area contributed by atoms with Crippen LogP contribution < -0.4 is 10.6 Å². The number of carbonyl (C=O) groups is 2. The number of benzene rings is 1. The monoisotopic (exact) mass is 377 g/mol. The van der Waals surface area contributed by atoms with Gasteiger partial charge in [0.15, 0.2) is 0 Å². The number of nitrogens with one attached hydrogen (secondary N) is 2. The number of hydrogen-bond donors (Lipinski definition) is 2. The van der Waals surface area contributed by atoms with Gasteiger partial charge in [-0.3, -0.25) is 4.79 Å². The molecule has 0 aliphatic heterocycles. The van der Waals surface area contributed by atoms with Gasteiger partial charge in [-0.25, -0.2) is 4.79 Å². The van der Waals surface area contributed by atoms with E-state index in [1.54, 1.807) is 20.8 Å². The molecule has 0 heterocycles. The quantitative estimate of drug-likeness (QED) is 0.731. The summed E-state index contributed by atoms with van der Waals surface area (Å²) < 4.78 is 5.27. The highest BCUT2D eigenvalue weighted by atomic mass is 16.6. The summed E-state index contributed by atoms with van der Waals surface area (Å²) in [5.74, 6) is -0.250. The Morgan fingerprint density at radius 3 is 2.19 bits per heavy atom. The zero-order chi connectivity index (χ0) is 20.6. The van der Waals surface area contributed by atoms with E-state index in [1.165, 1.54) is 5.56 Å². The molecule has 0 fully saturated rings. The van der Waals surface area contributed by atoms with Crippen LogP contribution in [0.5, 0.6) is 0 Å². The van der Waals surface area contributed by atoms with Gasteiger partial charge in [0.2, 0.25) is 5.91 Å². The highest BCUT2D eigenvalue weighted by molar-refractivity contribution is 5.85. The van der Waals surface area contributed by atoms with Crippen molar-refractivity contribution in [3.05, 3.63) is 35.9 Å². The lowest BCUT2D eigenvalue weighted by Crippen LogP contribution is -2.53. The third kappa shape index (κ3) is 8.91. The molecule has 2 unspecified atom stereocenters. The van der Waals surface area contributed by atoms with E-state index in [2.05, 4.69) is 27.7 Å². The number of ether oxygens (including phenoxy) is 1. The van der Waals surface area contributed by atoms with Crippen LogP contribution in [0.15, 0.2) is 30.3 Å². The SMILES string of the molecule is CC(C)C(NC(=O)OC(C)(C)C)C(=O)NCC(Cc1ccccc1)N(C)C. The van der Waals surface area contributed by atoms with Crippen LogP contribution in [-0.2, 0) is 16.0 Å². The Morgan fingerprint density at radius 2 is 1.70 bits per heavy atom. The van der Waals surface area contributed by atoms with Crippen LogP contribution in [0, 0.1) is 5.92 Å². The first kappa shape index (κ1) is 23.0. The predicted molar refractivity (Wildman–Crippen MR) is 109 cm³/mol. The molecule has 0 saturated heterocycles. The molecule has 6 nitrogen and oxygen atoms in total. The molecule has 0 aliphatic carbocycles. The first-order valence-electron chi connectivity index (χ1n) is 9.47. The first-order chi connectivity index (χ1) is 12.5. The van der Waals surface area contributed by atoms with Crippen molar-refractivity contribution in [1.29, 1.82) is 0 Å². The zero-order valence-electron chi connectivity index (χ0n) is 17.7. The molecule has 0 radical (unpaired) electrons.